The number of benzene rings is 1. The largest absolute Gasteiger partial charge is 0.497 e. The molecule has 1 aromatic carbocycles. The van der Waals surface area contributed by atoms with Gasteiger partial charge in [-0.2, -0.15) is 4.31 Å². The predicted molar refractivity (Wildman–Crippen MR) is 101 cm³/mol. The lowest BCUT2D eigenvalue weighted by Crippen LogP contribution is -2.40. The topological polar surface area (TPSA) is 83.9 Å². The monoisotopic (exact) mass is 393 g/mol. The number of aliphatic carboxylic acids is 1. The molecule has 0 saturated carbocycles. The number of hydrogen-bond donors (Lipinski definition) is 1. The molecule has 1 aliphatic rings. The van der Waals surface area contributed by atoms with Crippen LogP contribution in [0.5, 0.6) is 5.75 Å². The van der Waals surface area contributed by atoms with Crippen LogP contribution in [0.15, 0.2) is 34.5 Å². The Kier molecular flexibility index (Phi) is 5.17. The number of carboxylic acid groups (broad SMARTS) is 1. The van der Waals surface area contributed by atoms with Crippen LogP contribution in [0.4, 0.5) is 0 Å². The van der Waals surface area contributed by atoms with Crippen LogP contribution < -0.4 is 4.74 Å². The third-order valence-corrected chi connectivity index (χ3v) is 7.78. The summed E-state index contributed by atoms with van der Waals surface area (Å²) in [4.78, 5) is 12.1. The maximum atomic E-state index is 12.7. The van der Waals surface area contributed by atoms with Crippen LogP contribution in [0.2, 0.25) is 0 Å². The van der Waals surface area contributed by atoms with Crippen molar-refractivity contribution in [3.63, 3.8) is 0 Å². The van der Waals surface area contributed by atoms with Gasteiger partial charge in [0.25, 0.3) is 10.0 Å². The number of fused-ring (bicyclic) bond motifs is 1. The Morgan fingerprint density at radius 2 is 2.04 bits per heavy atom. The van der Waals surface area contributed by atoms with Crippen LogP contribution in [0.1, 0.15) is 29.3 Å². The highest BCUT2D eigenvalue weighted by atomic mass is 32.2. The summed E-state index contributed by atoms with van der Waals surface area (Å²) in [6.45, 7) is 1.78. The number of nitrogens with zero attached hydrogens (tertiary/aromatic N) is 1. The Morgan fingerprint density at radius 1 is 1.35 bits per heavy atom. The molecule has 0 bridgehead atoms. The van der Waals surface area contributed by atoms with Gasteiger partial charge in [0.05, 0.1) is 7.11 Å². The molecule has 0 aliphatic carbocycles. The van der Waals surface area contributed by atoms with Gasteiger partial charge in [-0.3, -0.25) is 4.79 Å². The molecule has 1 N–H and O–H groups in total. The van der Waals surface area contributed by atoms with Gasteiger partial charge in [0.1, 0.15) is 16.0 Å². The van der Waals surface area contributed by atoms with Crippen LogP contribution in [0.3, 0.4) is 0 Å². The zero-order valence-electron chi connectivity index (χ0n) is 14.4. The summed E-state index contributed by atoms with van der Waals surface area (Å²) >= 11 is 1.17. The molecule has 1 aromatic heterocycles. The Balaban J connectivity index is 1.82. The SMILES string of the molecule is CCC(C(=O)O)N1Cc2cc(C=Cc3ccc(OC)cc3)sc2S1(=O)=O. The first kappa shape index (κ1) is 18.6. The molecule has 1 atom stereocenters. The summed E-state index contributed by atoms with van der Waals surface area (Å²) in [7, 11) is -2.15. The molecule has 2 heterocycles. The molecule has 0 spiro atoms. The lowest BCUT2D eigenvalue weighted by Gasteiger charge is -2.21. The van der Waals surface area contributed by atoms with E-state index in [1.165, 1.54) is 11.3 Å². The van der Waals surface area contributed by atoms with E-state index in [0.29, 0.717) is 5.56 Å². The molecule has 1 unspecified atom stereocenters. The first-order valence-corrected chi connectivity index (χ1v) is 10.3. The van der Waals surface area contributed by atoms with Crippen LogP contribution in [0, 0.1) is 0 Å². The van der Waals surface area contributed by atoms with Crippen molar-refractivity contribution in [3.05, 3.63) is 46.3 Å². The lowest BCUT2D eigenvalue weighted by atomic mass is 10.2. The van der Waals surface area contributed by atoms with Gasteiger partial charge in [-0.15, -0.1) is 11.3 Å². The maximum Gasteiger partial charge on any atom is 0.322 e. The van der Waals surface area contributed by atoms with E-state index in [9.17, 15) is 18.3 Å². The van der Waals surface area contributed by atoms with Crippen LogP contribution in [0.25, 0.3) is 12.2 Å². The number of hydrogen-bond acceptors (Lipinski definition) is 5. The molecule has 0 fully saturated rings. The number of carbonyl (C=O) groups is 1. The molecule has 26 heavy (non-hydrogen) atoms. The van der Waals surface area contributed by atoms with Crippen molar-refractivity contribution < 1.29 is 23.1 Å². The van der Waals surface area contributed by atoms with Gasteiger partial charge >= 0.3 is 5.97 Å². The van der Waals surface area contributed by atoms with Gasteiger partial charge in [-0.1, -0.05) is 25.1 Å². The summed E-state index contributed by atoms with van der Waals surface area (Å²) < 4.78 is 31.8. The fourth-order valence-corrected chi connectivity index (χ4v) is 6.23. The van der Waals surface area contributed by atoms with Gasteiger partial charge in [0, 0.05) is 11.4 Å². The third kappa shape index (κ3) is 3.40. The molecule has 138 valence electrons. The van der Waals surface area contributed by atoms with Gasteiger partial charge in [0.2, 0.25) is 0 Å². The van der Waals surface area contributed by atoms with Crippen molar-refractivity contribution in [3.8, 4) is 5.75 Å². The zero-order chi connectivity index (χ0) is 18.9. The first-order valence-electron chi connectivity index (χ1n) is 8.06. The molecule has 0 saturated heterocycles. The Hall–Kier alpha value is -2.16. The van der Waals surface area contributed by atoms with Crippen molar-refractivity contribution >= 4 is 39.5 Å². The summed E-state index contributed by atoms with van der Waals surface area (Å²) in [5, 5.41) is 9.26. The van der Waals surface area contributed by atoms with E-state index in [1.54, 1.807) is 14.0 Å². The van der Waals surface area contributed by atoms with Crippen molar-refractivity contribution in [2.75, 3.05) is 7.11 Å². The maximum absolute atomic E-state index is 12.7. The molecule has 0 radical (unpaired) electrons. The quantitative estimate of drug-likeness (QED) is 0.814. The summed E-state index contributed by atoms with van der Waals surface area (Å²) in [5.41, 5.74) is 1.63. The van der Waals surface area contributed by atoms with E-state index in [4.69, 9.17) is 4.74 Å². The Morgan fingerprint density at radius 3 is 2.58 bits per heavy atom. The predicted octanol–water partition coefficient (Wildman–Crippen LogP) is 3.29. The minimum atomic E-state index is -3.75. The summed E-state index contributed by atoms with van der Waals surface area (Å²) in [5.74, 6) is -0.349. The highest BCUT2D eigenvalue weighted by Crippen LogP contribution is 2.39. The number of thiophene rings is 1. The first-order chi connectivity index (χ1) is 12.4. The van der Waals surface area contributed by atoms with E-state index in [2.05, 4.69) is 0 Å². The average molecular weight is 393 g/mol. The number of methoxy groups -OCH3 is 1. The van der Waals surface area contributed by atoms with Crippen LogP contribution in [-0.2, 0) is 21.4 Å². The highest BCUT2D eigenvalue weighted by Gasteiger charge is 2.42. The van der Waals surface area contributed by atoms with E-state index in [-0.39, 0.29) is 17.2 Å². The standard InChI is InChI=1S/C18H19NO5S2/c1-3-16(17(20)21)19-11-13-10-15(25-18(13)26(19,22)23)9-6-12-4-7-14(24-2)8-5-12/h4-10,16H,3,11H2,1-2H3,(H,20,21). The van der Waals surface area contributed by atoms with Crippen LogP contribution >= 0.6 is 11.3 Å². The highest BCUT2D eigenvalue weighted by molar-refractivity contribution is 7.91. The van der Waals surface area contributed by atoms with Crippen molar-refractivity contribution in [1.29, 1.82) is 0 Å². The van der Waals surface area contributed by atoms with Gasteiger partial charge in [-0.25, -0.2) is 8.42 Å². The second kappa shape index (κ2) is 7.22. The molecule has 8 heteroatoms. The smallest absolute Gasteiger partial charge is 0.322 e. The fourth-order valence-electron chi connectivity index (χ4n) is 2.88. The Labute approximate surface area is 156 Å². The number of ether oxygens (including phenoxy) is 1. The normalized spacial score (nSPS) is 17.3. The zero-order valence-corrected chi connectivity index (χ0v) is 16.0. The van der Waals surface area contributed by atoms with E-state index >= 15 is 0 Å². The Bertz CT molecular complexity index is 944. The third-order valence-electron chi connectivity index (χ3n) is 4.23. The van der Waals surface area contributed by atoms with Gasteiger partial charge < -0.3 is 9.84 Å². The number of sulfonamides is 1. The molecular formula is C18H19NO5S2. The average Bonchev–Trinajstić information content (AvgIpc) is 3.12. The van der Waals surface area contributed by atoms with Crippen LogP contribution in [-0.4, -0.2) is 37.0 Å². The van der Waals surface area contributed by atoms with Crippen molar-refractivity contribution in [2.24, 2.45) is 0 Å². The van der Waals surface area contributed by atoms with Crippen molar-refractivity contribution in [2.45, 2.75) is 30.1 Å². The molecule has 1 aliphatic heterocycles. The second-order valence-corrected chi connectivity index (χ2v) is 9.05. The molecule has 6 nitrogen and oxygen atoms in total. The minimum absolute atomic E-state index is 0.106. The minimum Gasteiger partial charge on any atom is -0.497 e. The van der Waals surface area contributed by atoms with Crippen molar-refractivity contribution in [1.82, 2.24) is 4.31 Å². The van der Waals surface area contributed by atoms with Gasteiger partial charge in [-0.05, 0) is 41.8 Å². The summed E-state index contributed by atoms with van der Waals surface area (Å²) in [6, 6.07) is 8.31. The molecule has 0 amide bonds. The molecule has 3 rings (SSSR count). The lowest BCUT2D eigenvalue weighted by molar-refractivity contribution is -0.141. The molecular weight excluding hydrogens is 374 g/mol. The number of rotatable bonds is 6. The van der Waals surface area contributed by atoms with E-state index in [0.717, 1.165) is 20.5 Å². The number of carboxylic acids is 1. The van der Waals surface area contributed by atoms with E-state index < -0.39 is 22.0 Å². The van der Waals surface area contributed by atoms with E-state index in [1.807, 2.05) is 42.5 Å². The summed E-state index contributed by atoms with van der Waals surface area (Å²) in [6.07, 6.45) is 3.99. The fraction of sp³-hybridized carbons (Fsp3) is 0.278. The second-order valence-electron chi connectivity index (χ2n) is 5.88. The van der Waals surface area contributed by atoms with Gasteiger partial charge in [0.15, 0.2) is 0 Å². The molecule has 2 aromatic rings.